The Morgan fingerprint density at radius 2 is 1.83 bits per heavy atom. The van der Waals surface area contributed by atoms with E-state index in [4.69, 9.17) is 4.74 Å². The molecule has 94 valence electrons. The van der Waals surface area contributed by atoms with Gasteiger partial charge in [-0.05, 0) is 36.2 Å². The first-order chi connectivity index (χ1) is 8.70. The van der Waals surface area contributed by atoms with E-state index in [1.807, 2.05) is 49.4 Å². The molecule has 3 nitrogen and oxygen atoms in total. The molecule has 0 aliphatic carbocycles. The van der Waals surface area contributed by atoms with Gasteiger partial charge in [0.05, 0.1) is 12.8 Å². The van der Waals surface area contributed by atoms with Gasteiger partial charge in [-0.25, -0.2) is 0 Å². The second-order valence-electron chi connectivity index (χ2n) is 4.17. The van der Waals surface area contributed by atoms with E-state index in [1.54, 1.807) is 7.11 Å². The topological polar surface area (TPSA) is 41.5 Å². The zero-order valence-electron chi connectivity index (χ0n) is 10.6. The third-order valence-corrected chi connectivity index (χ3v) is 2.88. The molecule has 0 amide bonds. The van der Waals surface area contributed by atoms with Gasteiger partial charge in [0.15, 0.2) is 0 Å². The summed E-state index contributed by atoms with van der Waals surface area (Å²) in [6.45, 7) is 2.55. The number of phenols is 1. The monoisotopic (exact) mass is 243 g/mol. The van der Waals surface area contributed by atoms with E-state index < -0.39 is 0 Å². The number of para-hydroxylation sites is 1. The van der Waals surface area contributed by atoms with Gasteiger partial charge in [0.1, 0.15) is 11.5 Å². The van der Waals surface area contributed by atoms with E-state index in [9.17, 15) is 5.11 Å². The second-order valence-corrected chi connectivity index (χ2v) is 4.17. The van der Waals surface area contributed by atoms with Crippen molar-refractivity contribution in [3.05, 3.63) is 53.6 Å². The molecule has 18 heavy (non-hydrogen) atoms. The molecule has 0 bridgehead atoms. The molecule has 3 heteroatoms. The summed E-state index contributed by atoms with van der Waals surface area (Å²) >= 11 is 0. The number of phenolic OH excluding ortho intramolecular Hbond substituents is 1. The van der Waals surface area contributed by atoms with Gasteiger partial charge in [-0.2, -0.15) is 0 Å². The van der Waals surface area contributed by atoms with Crippen LogP contribution in [0.2, 0.25) is 0 Å². The number of benzene rings is 2. The minimum absolute atomic E-state index is 0.311. The molecule has 0 unspecified atom stereocenters. The molecule has 2 aromatic rings. The summed E-state index contributed by atoms with van der Waals surface area (Å²) in [6.07, 6.45) is 0. The number of aromatic hydroxyl groups is 1. The van der Waals surface area contributed by atoms with Gasteiger partial charge in [0, 0.05) is 6.54 Å². The molecule has 2 aromatic carbocycles. The molecule has 2 rings (SSSR count). The van der Waals surface area contributed by atoms with Gasteiger partial charge in [-0.3, -0.25) is 0 Å². The molecule has 0 fully saturated rings. The number of aryl methyl sites for hydroxylation is 1. The van der Waals surface area contributed by atoms with E-state index in [1.165, 1.54) is 0 Å². The lowest BCUT2D eigenvalue weighted by atomic mass is 10.1. The molecule has 0 aliphatic rings. The Labute approximate surface area is 107 Å². The van der Waals surface area contributed by atoms with Crippen molar-refractivity contribution in [1.29, 1.82) is 0 Å². The highest BCUT2D eigenvalue weighted by Crippen LogP contribution is 2.27. The third-order valence-electron chi connectivity index (χ3n) is 2.88. The molecule has 0 saturated carbocycles. The van der Waals surface area contributed by atoms with Crippen molar-refractivity contribution in [2.45, 2.75) is 13.5 Å². The Hall–Kier alpha value is -2.16. The predicted octanol–water partition coefficient (Wildman–Crippen LogP) is 3.32. The molecule has 0 spiro atoms. The first-order valence-electron chi connectivity index (χ1n) is 5.86. The smallest absolute Gasteiger partial charge is 0.141 e. The normalized spacial score (nSPS) is 10.1. The first-order valence-corrected chi connectivity index (χ1v) is 5.86. The van der Waals surface area contributed by atoms with E-state index in [-0.39, 0.29) is 0 Å². The standard InChI is InChI=1S/C15H17NO2/c1-11-4-3-5-14(15(11)17)16-10-12-6-8-13(18-2)9-7-12/h3-9,16-17H,10H2,1-2H3. The quantitative estimate of drug-likeness (QED) is 0.809. The van der Waals surface area contributed by atoms with Crippen LogP contribution in [0.15, 0.2) is 42.5 Å². The van der Waals surface area contributed by atoms with E-state index in [2.05, 4.69) is 5.32 Å². The molecule has 0 aliphatic heterocycles. The van der Waals surface area contributed by atoms with Crippen molar-refractivity contribution in [2.24, 2.45) is 0 Å². The van der Waals surface area contributed by atoms with Gasteiger partial charge in [0.25, 0.3) is 0 Å². The van der Waals surface area contributed by atoms with Crippen LogP contribution in [-0.2, 0) is 6.54 Å². The minimum Gasteiger partial charge on any atom is -0.506 e. The van der Waals surface area contributed by atoms with Gasteiger partial charge in [0.2, 0.25) is 0 Å². The Kier molecular flexibility index (Phi) is 3.72. The zero-order valence-corrected chi connectivity index (χ0v) is 10.6. The maximum atomic E-state index is 9.88. The van der Waals surface area contributed by atoms with Crippen LogP contribution in [0.5, 0.6) is 11.5 Å². The lowest BCUT2D eigenvalue weighted by Crippen LogP contribution is -2.00. The number of ether oxygens (including phenoxy) is 1. The van der Waals surface area contributed by atoms with E-state index in [0.29, 0.717) is 12.3 Å². The summed E-state index contributed by atoms with van der Waals surface area (Å²) in [6, 6.07) is 13.5. The zero-order chi connectivity index (χ0) is 13.0. The van der Waals surface area contributed by atoms with Crippen molar-refractivity contribution in [2.75, 3.05) is 12.4 Å². The van der Waals surface area contributed by atoms with E-state index in [0.717, 1.165) is 22.6 Å². The van der Waals surface area contributed by atoms with Gasteiger partial charge < -0.3 is 15.2 Å². The fourth-order valence-corrected chi connectivity index (χ4v) is 1.74. The summed E-state index contributed by atoms with van der Waals surface area (Å²) in [5.74, 6) is 1.16. The Balaban J connectivity index is 2.04. The van der Waals surface area contributed by atoms with Crippen LogP contribution < -0.4 is 10.1 Å². The van der Waals surface area contributed by atoms with Crippen LogP contribution in [0.4, 0.5) is 5.69 Å². The van der Waals surface area contributed by atoms with Crippen molar-refractivity contribution < 1.29 is 9.84 Å². The van der Waals surface area contributed by atoms with Gasteiger partial charge >= 0.3 is 0 Å². The summed E-state index contributed by atoms with van der Waals surface area (Å²) in [5, 5.41) is 13.1. The van der Waals surface area contributed by atoms with Crippen LogP contribution >= 0.6 is 0 Å². The summed E-state index contributed by atoms with van der Waals surface area (Å²) < 4.78 is 5.11. The summed E-state index contributed by atoms with van der Waals surface area (Å²) in [4.78, 5) is 0. The maximum absolute atomic E-state index is 9.88. The van der Waals surface area contributed by atoms with Crippen molar-refractivity contribution in [1.82, 2.24) is 0 Å². The van der Waals surface area contributed by atoms with Crippen LogP contribution in [-0.4, -0.2) is 12.2 Å². The van der Waals surface area contributed by atoms with Gasteiger partial charge in [-0.1, -0.05) is 24.3 Å². The van der Waals surface area contributed by atoms with Crippen molar-refractivity contribution in [3.63, 3.8) is 0 Å². The van der Waals surface area contributed by atoms with Crippen molar-refractivity contribution >= 4 is 5.69 Å². The van der Waals surface area contributed by atoms with Crippen molar-refractivity contribution in [3.8, 4) is 11.5 Å². The highest BCUT2D eigenvalue weighted by atomic mass is 16.5. The Morgan fingerprint density at radius 1 is 1.11 bits per heavy atom. The maximum Gasteiger partial charge on any atom is 0.141 e. The largest absolute Gasteiger partial charge is 0.506 e. The lowest BCUT2D eigenvalue weighted by Gasteiger charge is -2.10. The molecule has 0 saturated heterocycles. The first kappa shape index (κ1) is 12.3. The fraction of sp³-hybridized carbons (Fsp3) is 0.200. The number of rotatable bonds is 4. The third kappa shape index (κ3) is 2.74. The summed E-state index contributed by atoms with van der Waals surface area (Å²) in [7, 11) is 1.65. The molecule has 0 radical (unpaired) electrons. The molecule has 0 atom stereocenters. The number of anilines is 1. The predicted molar refractivity (Wildman–Crippen MR) is 73.2 cm³/mol. The van der Waals surface area contributed by atoms with Crippen LogP contribution in [0.3, 0.4) is 0 Å². The average Bonchev–Trinajstić information content (AvgIpc) is 2.41. The molecule has 2 N–H and O–H groups in total. The minimum atomic E-state index is 0.311. The second kappa shape index (κ2) is 5.45. The number of hydrogen-bond acceptors (Lipinski definition) is 3. The summed E-state index contributed by atoms with van der Waals surface area (Å²) in [5.41, 5.74) is 2.76. The highest BCUT2D eigenvalue weighted by Gasteiger charge is 2.02. The molecular weight excluding hydrogens is 226 g/mol. The van der Waals surface area contributed by atoms with Crippen LogP contribution in [0.1, 0.15) is 11.1 Å². The Bertz CT molecular complexity index is 521. The molecule has 0 heterocycles. The lowest BCUT2D eigenvalue weighted by molar-refractivity contribution is 0.414. The SMILES string of the molecule is COc1ccc(CNc2cccc(C)c2O)cc1. The number of nitrogens with one attached hydrogen (secondary N) is 1. The number of methoxy groups -OCH3 is 1. The molecule has 0 aromatic heterocycles. The van der Waals surface area contributed by atoms with Gasteiger partial charge in [-0.15, -0.1) is 0 Å². The highest BCUT2D eigenvalue weighted by molar-refractivity contribution is 5.59. The van der Waals surface area contributed by atoms with Crippen LogP contribution in [0, 0.1) is 6.92 Å². The number of hydrogen-bond donors (Lipinski definition) is 2. The van der Waals surface area contributed by atoms with E-state index >= 15 is 0 Å². The van der Waals surface area contributed by atoms with Crippen LogP contribution in [0.25, 0.3) is 0 Å². The fourth-order valence-electron chi connectivity index (χ4n) is 1.74. The molecular formula is C15H17NO2. The average molecular weight is 243 g/mol. The Morgan fingerprint density at radius 3 is 2.50 bits per heavy atom.